The van der Waals surface area contributed by atoms with Gasteiger partial charge in [0.15, 0.2) is 0 Å². The molecular formula is C13H20N3O2+. The highest BCUT2D eigenvalue weighted by molar-refractivity contribution is 5.67. The number of hydrogen-bond donors (Lipinski definition) is 2. The molecule has 0 bridgehead atoms. The molecule has 98 valence electrons. The molecule has 2 rings (SSSR count). The number of amides is 1. The second kappa shape index (κ2) is 6.37. The SMILES string of the molecule is [NH3+]NC1CCN(C(=O)OCc2ccccc2)CC1. The quantitative estimate of drug-likeness (QED) is 0.769. The van der Waals surface area contributed by atoms with Crippen LogP contribution in [0.5, 0.6) is 0 Å². The Labute approximate surface area is 107 Å². The Bertz CT molecular complexity index is 375. The maximum Gasteiger partial charge on any atom is 0.410 e. The second-order valence-corrected chi connectivity index (χ2v) is 4.51. The lowest BCUT2D eigenvalue weighted by Gasteiger charge is -2.29. The number of ether oxygens (including phenoxy) is 1. The number of likely N-dealkylation sites (tertiary alicyclic amines) is 1. The average Bonchev–Trinajstić information content (AvgIpc) is 2.46. The predicted molar refractivity (Wildman–Crippen MR) is 67.2 cm³/mol. The van der Waals surface area contributed by atoms with Crippen LogP contribution in [0.3, 0.4) is 0 Å². The van der Waals surface area contributed by atoms with Crippen LogP contribution in [-0.4, -0.2) is 30.1 Å². The molecule has 0 unspecified atom stereocenters. The summed E-state index contributed by atoms with van der Waals surface area (Å²) in [6.45, 7) is 1.81. The zero-order valence-corrected chi connectivity index (χ0v) is 10.5. The lowest BCUT2D eigenvalue weighted by Crippen LogP contribution is -2.70. The third kappa shape index (κ3) is 3.45. The molecule has 1 aromatic rings. The molecule has 1 amide bonds. The van der Waals surface area contributed by atoms with Crippen molar-refractivity contribution in [3.8, 4) is 0 Å². The van der Waals surface area contributed by atoms with Gasteiger partial charge in [-0.05, 0) is 18.4 Å². The minimum Gasteiger partial charge on any atom is -0.445 e. The van der Waals surface area contributed by atoms with Gasteiger partial charge in [-0.3, -0.25) is 5.84 Å². The fraction of sp³-hybridized carbons (Fsp3) is 0.462. The zero-order valence-electron chi connectivity index (χ0n) is 10.5. The zero-order chi connectivity index (χ0) is 12.8. The van der Waals surface area contributed by atoms with Crippen LogP contribution >= 0.6 is 0 Å². The summed E-state index contributed by atoms with van der Waals surface area (Å²) in [6.07, 6.45) is 1.65. The lowest BCUT2D eigenvalue weighted by molar-refractivity contribution is -0.453. The van der Waals surface area contributed by atoms with Gasteiger partial charge in [0.1, 0.15) is 6.61 Å². The van der Waals surface area contributed by atoms with Gasteiger partial charge >= 0.3 is 6.09 Å². The van der Waals surface area contributed by atoms with Gasteiger partial charge in [0, 0.05) is 13.1 Å². The predicted octanol–water partition coefficient (Wildman–Crippen LogP) is 0.534. The summed E-state index contributed by atoms with van der Waals surface area (Å²) < 4.78 is 5.29. The molecule has 1 fully saturated rings. The minimum atomic E-state index is -0.221. The Balaban J connectivity index is 1.75. The number of quaternary nitrogens is 1. The van der Waals surface area contributed by atoms with Gasteiger partial charge in [0.25, 0.3) is 0 Å². The van der Waals surface area contributed by atoms with E-state index in [1.165, 1.54) is 0 Å². The first-order chi connectivity index (χ1) is 8.79. The highest BCUT2D eigenvalue weighted by Crippen LogP contribution is 2.11. The standard InChI is InChI=1S/C13H19N3O2/c14-15-12-6-8-16(9-7-12)13(17)18-10-11-4-2-1-3-5-11/h1-5,12,15H,6-10,14H2/p+1. The van der Waals surface area contributed by atoms with Crippen LogP contribution in [0.15, 0.2) is 30.3 Å². The third-order valence-electron chi connectivity index (χ3n) is 3.25. The van der Waals surface area contributed by atoms with Crippen molar-refractivity contribution >= 4 is 6.09 Å². The Hall–Kier alpha value is -1.59. The third-order valence-corrected chi connectivity index (χ3v) is 3.25. The average molecular weight is 250 g/mol. The maximum absolute atomic E-state index is 11.8. The van der Waals surface area contributed by atoms with E-state index in [-0.39, 0.29) is 6.09 Å². The fourth-order valence-electron chi connectivity index (χ4n) is 2.08. The topological polar surface area (TPSA) is 69.2 Å². The van der Waals surface area contributed by atoms with E-state index in [2.05, 4.69) is 11.3 Å². The number of hydrogen-bond acceptors (Lipinski definition) is 3. The molecular weight excluding hydrogens is 230 g/mol. The van der Waals surface area contributed by atoms with Crippen molar-refractivity contribution in [2.75, 3.05) is 13.1 Å². The van der Waals surface area contributed by atoms with Crippen molar-refractivity contribution in [1.82, 2.24) is 10.3 Å². The summed E-state index contributed by atoms with van der Waals surface area (Å²) in [5.41, 5.74) is 4.01. The van der Waals surface area contributed by atoms with Crippen molar-refractivity contribution in [3.63, 3.8) is 0 Å². The summed E-state index contributed by atoms with van der Waals surface area (Å²) in [5, 5.41) is 0. The molecule has 1 aliphatic rings. The summed E-state index contributed by atoms with van der Waals surface area (Å²) in [6, 6.07) is 10.1. The first-order valence-electron chi connectivity index (χ1n) is 6.28. The number of rotatable bonds is 3. The van der Waals surface area contributed by atoms with Crippen molar-refractivity contribution < 1.29 is 15.4 Å². The lowest BCUT2D eigenvalue weighted by atomic mass is 10.1. The van der Waals surface area contributed by atoms with E-state index in [0.29, 0.717) is 12.6 Å². The summed E-state index contributed by atoms with van der Waals surface area (Å²) in [5.74, 6) is 3.67. The van der Waals surface area contributed by atoms with Crippen molar-refractivity contribution in [1.29, 1.82) is 0 Å². The first kappa shape index (κ1) is 12.9. The van der Waals surface area contributed by atoms with Crippen molar-refractivity contribution in [2.45, 2.75) is 25.5 Å². The number of carbonyl (C=O) groups is 1. The number of nitrogens with one attached hydrogen (secondary N) is 1. The fourth-order valence-corrected chi connectivity index (χ4v) is 2.08. The number of carbonyl (C=O) groups excluding carboxylic acids is 1. The first-order valence-corrected chi connectivity index (χ1v) is 6.28. The molecule has 0 spiro atoms. The molecule has 5 nitrogen and oxygen atoms in total. The normalized spacial score (nSPS) is 16.6. The van der Waals surface area contributed by atoms with Crippen molar-refractivity contribution in [3.05, 3.63) is 35.9 Å². The molecule has 1 aliphatic heterocycles. The molecule has 0 aromatic heterocycles. The van der Waals surface area contributed by atoms with Gasteiger partial charge in [-0.2, -0.15) is 5.43 Å². The Morgan fingerprint density at radius 2 is 2.00 bits per heavy atom. The molecule has 18 heavy (non-hydrogen) atoms. The van der Waals surface area contributed by atoms with Crippen LogP contribution in [0.1, 0.15) is 18.4 Å². The van der Waals surface area contributed by atoms with Gasteiger partial charge in [0.2, 0.25) is 0 Å². The number of piperidine rings is 1. The molecule has 0 atom stereocenters. The van der Waals surface area contributed by atoms with Gasteiger partial charge in [-0.1, -0.05) is 30.3 Å². The van der Waals surface area contributed by atoms with Crippen LogP contribution in [0.2, 0.25) is 0 Å². The van der Waals surface area contributed by atoms with Crippen LogP contribution in [0, 0.1) is 0 Å². The monoisotopic (exact) mass is 250 g/mol. The minimum absolute atomic E-state index is 0.221. The summed E-state index contributed by atoms with van der Waals surface area (Å²) in [7, 11) is 0. The van der Waals surface area contributed by atoms with Crippen LogP contribution in [0.4, 0.5) is 4.79 Å². The molecule has 0 aliphatic carbocycles. The van der Waals surface area contributed by atoms with Crippen LogP contribution in [-0.2, 0) is 11.3 Å². The van der Waals surface area contributed by atoms with Crippen LogP contribution < -0.4 is 11.3 Å². The van der Waals surface area contributed by atoms with Gasteiger partial charge in [-0.15, -0.1) is 0 Å². The van der Waals surface area contributed by atoms with E-state index in [4.69, 9.17) is 4.74 Å². The second-order valence-electron chi connectivity index (χ2n) is 4.51. The molecule has 4 N–H and O–H groups in total. The van der Waals surface area contributed by atoms with Crippen molar-refractivity contribution in [2.24, 2.45) is 0 Å². The van der Waals surface area contributed by atoms with E-state index in [1.807, 2.05) is 30.3 Å². The molecule has 5 heteroatoms. The highest BCUT2D eigenvalue weighted by Gasteiger charge is 2.23. The van der Waals surface area contributed by atoms with E-state index in [1.54, 1.807) is 4.90 Å². The number of nitrogens with zero attached hydrogens (tertiary/aromatic N) is 1. The van der Waals surface area contributed by atoms with Gasteiger partial charge in [-0.25, -0.2) is 4.79 Å². The van der Waals surface area contributed by atoms with E-state index < -0.39 is 0 Å². The Morgan fingerprint density at radius 1 is 1.33 bits per heavy atom. The Morgan fingerprint density at radius 3 is 2.61 bits per heavy atom. The smallest absolute Gasteiger partial charge is 0.410 e. The maximum atomic E-state index is 11.8. The Kier molecular flexibility index (Phi) is 4.55. The molecule has 1 heterocycles. The van der Waals surface area contributed by atoms with E-state index in [9.17, 15) is 4.79 Å². The molecule has 1 aromatic carbocycles. The molecule has 0 radical (unpaired) electrons. The van der Waals surface area contributed by atoms with E-state index >= 15 is 0 Å². The van der Waals surface area contributed by atoms with E-state index in [0.717, 1.165) is 31.5 Å². The van der Waals surface area contributed by atoms with Gasteiger partial charge < -0.3 is 9.64 Å². The molecule has 1 saturated heterocycles. The van der Waals surface area contributed by atoms with Crippen LogP contribution in [0.25, 0.3) is 0 Å². The molecule has 0 saturated carbocycles. The highest BCUT2D eigenvalue weighted by atomic mass is 16.6. The van der Waals surface area contributed by atoms with Gasteiger partial charge in [0.05, 0.1) is 6.04 Å². The number of benzene rings is 1. The largest absolute Gasteiger partial charge is 0.445 e. The summed E-state index contributed by atoms with van der Waals surface area (Å²) in [4.78, 5) is 13.6. The summed E-state index contributed by atoms with van der Waals surface area (Å²) >= 11 is 0.